The summed E-state index contributed by atoms with van der Waals surface area (Å²) in [5.41, 5.74) is 10.3. The predicted octanol–water partition coefficient (Wildman–Crippen LogP) is 5.58. The number of aliphatic hydroxyl groups is 2. The lowest BCUT2D eigenvalue weighted by atomic mass is 9.88. The van der Waals surface area contributed by atoms with Gasteiger partial charge >= 0.3 is 0 Å². The third-order valence-corrected chi connectivity index (χ3v) is 6.54. The first-order valence-corrected chi connectivity index (χ1v) is 13.1. The van der Waals surface area contributed by atoms with Gasteiger partial charge in [0.15, 0.2) is 0 Å². The van der Waals surface area contributed by atoms with Crippen LogP contribution in [0.3, 0.4) is 0 Å². The van der Waals surface area contributed by atoms with E-state index in [1.165, 1.54) is 0 Å². The van der Waals surface area contributed by atoms with E-state index >= 15 is 0 Å². The molecule has 6 N–H and O–H groups in total. The number of allylic oxidation sites excluding steroid dienone is 4. The van der Waals surface area contributed by atoms with E-state index in [4.69, 9.17) is 11.1 Å². The van der Waals surface area contributed by atoms with Crippen LogP contribution < -0.4 is 11.1 Å². The van der Waals surface area contributed by atoms with Gasteiger partial charge in [0.25, 0.3) is 5.91 Å². The van der Waals surface area contributed by atoms with Crippen LogP contribution in [0.5, 0.6) is 0 Å². The van der Waals surface area contributed by atoms with Crippen molar-refractivity contribution in [2.45, 2.75) is 32.2 Å². The van der Waals surface area contributed by atoms with Crippen molar-refractivity contribution in [3.8, 4) is 0 Å². The Labute approximate surface area is 230 Å². The molecule has 0 aliphatic rings. The first kappa shape index (κ1) is 29.1. The lowest BCUT2D eigenvalue weighted by molar-refractivity contribution is 0.0903. The average Bonchev–Trinajstić information content (AvgIpc) is 2.95. The van der Waals surface area contributed by atoms with Crippen molar-refractivity contribution >= 4 is 17.3 Å². The zero-order valence-corrected chi connectivity index (χ0v) is 22.3. The van der Waals surface area contributed by atoms with E-state index in [0.717, 1.165) is 23.1 Å². The minimum absolute atomic E-state index is 0.0117. The van der Waals surface area contributed by atoms with Gasteiger partial charge in [0.05, 0.1) is 0 Å². The molecule has 0 fully saturated rings. The molecule has 0 bridgehead atoms. The van der Waals surface area contributed by atoms with Crippen molar-refractivity contribution in [2.75, 3.05) is 6.61 Å². The molecule has 3 aromatic rings. The lowest BCUT2D eigenvalue weighted by Gasteiger charge is -2.27. The molecule has 2 atom stereocenters. The molecule has 6 nitrogen and oxygen atoms in total. The first-order chi connectivity index (χ1) is 18.8. The monoisotopic (exact) mass is 523 g/mol. The van der Waals surface area contributed by atoms with E-state index in [9.17, 15) is 15.0 Å². The molecule has 0 saturated heterocycles. The summed E-state index contributed by atoms with van der Waals surface area (Å²) in [6.07, 6.45) is 6.85. The number of carbonyl (C=O) groups is 1. The van der Waals surface area contributed by atoms with Crippen LogP contribution in [-0.4, -0.2) is 34.6 Å². The maximum atomic E-state index is 13.3. The van der Waals surface area contributed by atoms with Gasteiger partial charge in [0, 0.05) is 29.7 Å². The van der Waals surface area contributed by atoms with E-state index in [2.05, 4.69) is 11.9 Å². The predicted molar refractivity (Wildman–Crippen MR) is 159 cm³/mol. The number of aliphatic hydroxyl groups excluding tert-OH is 2. The van der Waals surface area contributed by atoms with Crippen LogP contribution in [0.4, 0.5) is 0 Å². The molecule has 0 radical (unpaired) electrons. The zero-order valence-electron chi connectivity index (χ0n) is 22.3. The largest absolute Gasteiger partial charge is 0.508 e. The van der Waals surface area contributed by atoms with Crippen LogP contribution in [-0.2, 0) is 12.8 Å². The van der Waals surface area contributed by atoms with Gasteiger partial charge in [-0.05, 0) is 71.9 Å². The number of nitrogens with one attached hydrogen (secondary N) is 2. The number of hydrogen-bond donors (Lipinski definition) is 5. The van der Waals surface area contributed by atoms with Crippen molar-refractivity contribution in [1.29, 1.82) is 5.41 Å². The molecule has 39 heavy (non-hydrogen) atoms. The van der Waals surface area contributed by atoms with Gasteiger partial charge in [-0.2, -0.15) is 0 Å². The zero-order chi connectivity index (χ0) is 28.2. The van der Waals surface area contributed by atoms with Gasteiger partial charge in [-0.3, -0.25) is 10.2 Å². The quantitative estimate of drug-likeness (QED) is 0.0869. The van der Waals surface area contributed by atoms with Crippen molar-refractivity contribution in [3.63, 3.8) is 0 Å². The minimum Gasteiger partial charge on any atom is -0.508 e. The number of nitrogens with two attached hydrogens (primary N) is 1. The fraction of sp³-hybridized carbons (Fsp3) is 0.212. The normalized spacial score (nSPS) is 13.1. The highest BCUT2D eigenvalue weighted by atomic mass is 16.3. The SMILES string of the molecule is C=C(/C=C\C(O)=C/CC)c1ccc(C(=O)NC(Cc2ccccc2)C(CO)Cc2cccc(C(=N)N)c2)cc1. The highest BCUT2D eigenvalue weighted by Gasteiger charge is 2.24. The van der Waals surface area contributed by atoms with Crippen LogP contribution >= 0.6 is 0 Å². The van der Waals surface area contributed by atoms with Gasteiger partial charge in [-0.25, -0.2) is 0 Å². The molecule has 6 heteroatoms. The third kappa shape index (κ3) is 8.83. The van der Waals surface area contributed by atoms with E-state index < -0.39 is 0 Å². The number of hydrogen-bond acceptors (Lipinski definition) is 4. The summed E-state index contributed by atoms with van der Waals surface area (Å²) in [5.74, 6) is -0.319. The number of carbonyl (C=O) groups excluding carboxylic acids is 1. The Balaban J connectivity index is 1.79. The molecule has 3 rings (SSSR count). The molecule has 1 amide bonds. The van der Waals surface area contributed by atoms with Gasteiger partial charge < -0.3 is 21.3 Å². The Morgan fingerprint density at radius 1 is 0.949 bits per heavy atom. The molecular formula is C33H37N3O3. The van der Waals surface area contributed by atoms with Crippen molar-refractivity contribution in [1.82, 2.24) is 5.32 Å². The maximum absolute atomic E-state index is 13.3. The van der Waals surface area contributed by atoms with Crippen LogP contribution in [0.2, 0.25) is 0 Å². The molecule has 0 aliphatic heterocycles. The highest BCUT2D eigenvalue weighted by molar-refractivity contribution is 5.95. The highest BCUT2D eigenvalue weighted by Crippen LogP contribution is 2.20. The summed E-state index contributed by atoms with van der Waals surface area (Å²) in [7, 11) is 0. The fourth-order valence-corrected chi connectivity index (χ4v) is 4.35. The standard InChI is InChI=1S/C33H37N3O3/c1-3-8-30(38)18-13-23(2)26-14-16-27(17-15-26)33(39)36-31(21-24-9-5-4-6-10-24)29(22-37)20-25-11-7-12-28(19-25)32(34)35/h4-19,29,31,37-38H,2-3,20-22H2,1H3,(H3,34,35)(H,36,39)/b18-13-,30-8+. The van der Waals surface area contributed by atoms with Gasteiger partial charge in [0.2, 0.25) is 0 Å². The summed E-state index contributed by atoms with van der Waals surface area (Å²) in [5, 5.41) is 31.0. The first-order valence-electron chi connectivity index (χ1n) is 13.1. The summed E-state index contributed by atoms with van der Waals surface area (Å²) >= 11 is 0. The Kier molecular flexibility index (Phi) is 10.8. The van der Waals surface area contributed by atoms with E-state index in [-0.39, 0.29) is 36.1 Å². The van der Waals surface area contributed by atoms with Crippen LogP contribution in [0.1, 0.15) is 46.0 Å². The second-order valence-electron chi connectivity index (χ2n) is 9.50. The second kappa shape index (κ2) is 14.5. The number of amides is 1. The van der Waals surface area contributed by atoms with Crippen LogP contribution in [0.15, 0.2) is 109 Å². The van der Waals surface area contributed by atoms with Crippen molar-refractivity contribution < 1.29 is 15.0 Å². The molecule has 0 saturated carbocycles. The van der Waals surface area contributed by atoms with Crippen molar-refractivity contribution in [3.05, 3.63) is 137 Å². The Bertz CT molecular complexity index is 1330. The maximum Gasteiger partial charge on any atom is 0.251 e. The number of rotatable bonds is 13. The molecule has 0 aromatic heterocycles. The van der Waals surface area contributed by atoms with Gasteiger partial charge in [-0.1, -0.05) is 80.2 Å². The summed E-state index contributed by atoms with van der Waals surface area (Å²) in [6, 6.07) is 24.1. The molecule has 0 spiro atoms. The van der Waals surface area contributed by atoms with E-state index in [0.29, 0.717) is 29.5 Å². The molecular weight excluding hydrogens is 486 g/mol. The Hall–Kier alpha value is -4.42. The molecule has 0 aliphatic carbocycles. The Morgan fingerprint density at radius 2 is 1.62 bits per heavy atom. The van der Waals surface area contributed by atoms with E-state index in [1.807, 2.05) is 67.6 Å². The fourth-order valence-electron chi connectivity index (χ4n) is 4.35. The third-order valence-electron chi connectivity index (χ3n) is 6.54. The van der Waals surface area contributed by atoms with Crippen LogP contribution in [0, 0.1) is 11.3 Å². The van der Waals surface area contributed by atoms with Gasteiger partial charge in [-0.15, -0.1) is 0 Å². The van der Waals surface area contributed by atoms with E-state index in [1.54, 1.807) is 36.4 Å². The average molecular weight is 524 g/mol. The summed E-state index contributed by atoms with van der Waals surface area (Å²) in [6.45, 7) is 5.87. The minimum atomic E-state index is -0.336. The number of benzene rings is 3. The summed E-state index contributed by atoms with van der Waals surface area (Å²) < 4.78 is 0. The molecule has 3 aromatic carbocycles. The Morgan fingerprint density at radius 3 is 2.26 bits per heavy atom. The smallest absolute Gasteiger partial charge is 0.251 e. The molecule has 202 valence electrons. The lowest BCUT2D eigenvalue weighted by Crippen LogP contribution is -2.44. The molecule has 2 unspecified atom stereocenters. The number of nitrogen functional groups attached to an aromatic ring is 1. The number of amidine groups is 1. The van der Waals surface area contributed by atoms with Crippen LogP contribution in [0.25, 0.3) is 5.57 Å². The second-order valence-corrected chi connectivity index (χ2v) is 9.50. The van der Waals surface area contributed by atoms with Crippen molar-refractivity contribution in [2.24, 2.45) is 11.7 Å². The van der Waals surface area contributed by atoms with Gasteiger partial charge in [0.1, 0.15) is 11.6 Å². The molecule has 0 heterocycles. The topological polar surface area (TPSA) is 119 Å². The summed E-state index contributed by atoms with van der Waals surface area (Å²) in [4.78, 5) is 13.3.